The second-order valence-corrected chi connectivity index (χ2v) is 0. The van der Waals surface area contributed by atoms with Crippen molar-refractivity contribution in [2.75, 3.05) is 0 Å². The SMILES string of the molecule is O.O.O.O.O.O.[Br-].[Mg+2]. The van der Waals surface area contributed by atoms with Crippen LogP contribution in [0.15, 0.2) is 0 Å². The first-order valence-electron chi connectivity index (χ1n) is 0. The molecule has 0 bridgehead atoms. The van der Waals surface area contributed by atoms with Gasteiger partial charge in [-0.25, -0.2) is 0 Å². The molecule has 0 aromatic carbocycles. The third-order valence-corrected chi connectivity index (χ3v) is 0. The van der Waals surface area contributed by atoms with Crippen LogP contribution in [0.1, 0.15) is 0 Å². The first kappa shape index (κ1) is 570. The molecule has 0 heterocycles. The molecular weight excluding hydrogens is 200 g/mol. The van der Waals surface area contributed by atoms with Crippen LogP contribution < -0.4 is 17.0 Å². The number of halogens is 1. The fourth-order valence-electron chi connectivity index (χ4n) is 0. The molecular formula is H12BrMgO6+. The van der Waals surface area contributed by atoms with Crippen LogP contribution in [0.25, 0.3) is 0 Å². The van der Waals surface area contributed by atoms with Crippen molar-refractivity contribution in [3.63, 3.8) is 0 Å². The van der Waals surface area contributed by atoms with Crippen LogP contribution in [-0.2, 0) is 0 Å². The van der Waals surface area contributed by atoms with Gasteiger partial charge in [0.1, 0.15) is 0 Å². The van der Waals surface area contributed by atoms with E-state index < -0.39 is 0 Å². The molecule has 8 heavy (non-hydrogen) atoms. The molecule has 0 aliphatic rings. The van der Waals surface area contributed by atoms with Gasteiger partial charge in [-0.1, -0.05) is 0 Å². The predicted octanol–water partition coefficient (Wildman–Crippen LogP) is -8.32. The standard InChI is InChI=1S/BrH.Mg.6H2O/h1H;;6*1H2/q;+2;;;;;;/p-1. The van der Waals surface area contributed by atoms with E-state index in [9.17, 15) is 0 Å². The maximum atomic E-state index is 0. The van der Waals surface area contributed by atoms with E-state index in [0.717, 1.165) is 0 Å². The molecule has 0 rings (SSSR count). The van der Waals surface area contributed by atoms with Crippen molar-refractivity contribution in [1.82, 2.24) is 0 Å². The van der Waals surface area contributed by atoms with Gasteiger partial charge >= 0.3 is 23.1 Å². The molecule has 6 nitrogen and oxygen atoms in total. The van der Waals surface area contributed by atoms with E-state index in [-0.39, 0.29) is 72.9 Å². The van der Waals surface area contributed by atoms with Gasteiger partial charge in [0.25, 0.3) is 0 Å². The molecule has 0 aliphatic heterocycles. The van der Waals surface area contributed by atoms with E-state index in [4.69, 9.17) is 0 Å². The Hall–Kier alpha value is 1.01. The summed E-state index contributed by atoms with van der Waals surface area (Å²) in [5, 5.41) is 0. The summed E-state index contributed by atoms with van der Waals surface area (Å²) in [6.45, 7) is 0. The van der Waals surface area contributed by atoms with Gasteiger partial charge in [0, 0.05) is 0 Å². The van der Waals surface area contributed by atoms with E-state index in [1.54, 1.807) is 0 Å². The molecule has 0 atom stereocenters. The minimum Gasteiger partial charge on any atom is -1.00 e. The molecule has 0 fully saturated rings. The van der Waals surface area contributed by atoms with Gasteiger partial charge < -0.3 is 49.8 Å². The Morgan fingerprint density at radius 1 is 0.375 bits per heavy atom. The van der Waals surface area contributed by atoms with E-state index >= 15 is 0 Å². The summed E-state index contributed by atoms with van der Waals surface area (Å²) >= 11 is 0. The largest absolute Gasteiger partial charge is 2.00 e. The summed E-state index contributed by atoms with van der Waals surface area (Å²) in [7, 11) is 0. The van der Waals surface area contributed by atoms with Gasteiger partial charge in [0.15, 0.2) is 0 Å². The second kappa shape index (κ2) is 388. The summed E-state index contributed by atoms with van der Waals surface area (Å²) in [4.78, 5) is 0. The molecule has 8 heteroatoms. The van der Waals surface area contributed by atoms with Crippen molar-refractivity contribution in [1.29, 1.82) is 0 Å². The predicted molar refractivity (Wildman–Crippen MR) is 27.4 cm³/mol. The molecule has 0 amide bonds. The summed E-state index contributed by atoms with van der Waals surface area (Å²) in [5.74, 6) is 0. The fraction of sp³-hybridized carbons (Fsp3) is 0. The molecule has 0 unspecified atom stereocenters. The zero-order valence-corrected chi connectivity index (χ0v) is 7.09. The van der Waals surface area contributed by atoms with Gasteiger partial charge in [0.2, 0.25) is 0 Å². The summed E-state index contributed by atoms with van der Waals surface area (Å²) < 4.78 is 0. The normalized spacial score (nSPS) is 0. The maximum absolute atomic E-state index is 0. The van der Waals surface area contributed by atoms with Crippen LogP contribution in [0.2, 0.25) is 0 Å². The Balaban J connectivity index is 0. The van der Waals surface area contributed by atoms with Gasteiger partial charge in [-0.3, -0.25) is 0 Å². The molecule has 0 spiro atoms. The summed E-state index contributed by atoms with van der Waals surface area (Å²) in [6.07, 6.45) is 0. The Morgan fingerprint density at radius 3 is 0.375 bits per heavy atom. The summed E-state index contributed by atoms with van der Waals surface area (Å²) in [6, 6.07) is 0. The molecule has 0 saturated heterocycles. The third-order valence-electron chi connectivity index (χ3n) is 0. The first-order valence-corrected chi connectivity index (χ1v) is 0. The molecule has 0 aromatic heterocycles. The molecule has 0 aromatic rings. The van der Waals surface area contributed by atoms with Crippen LogP contribution in [0.4, 0.5) is 0 Å². The molecule has 0 saturated carbocycles. The van der Waals surface area contributed by atoms with Crippen LogP contribution in [0.3, 0.4) is 0 Å². The van der Waals surface area contributed by atoms with Crippen molar-refractivity contribution in [3.05, 3.63) is 0 Å². The first-order chi connectivity index (χ1) is 0. The van der Waals surface area contributed by atoms with Gasteiger partial charge in [-0.2, -0.15) is 0 Å². The maximum Gasteiger partial charge on any atom is 2.00 e. The molecule has 0 aliphatic carbocycles. The average Bonchev–Trinajstić information content (AvgIpc) is 0. The fourth-order valence-corrected chi connectivity index (χ4v) is 0. The Kier molecular flexibility index (Phi) is 27700. The van der Waals surface area contributed by atoms with Crippen molar-refractivity contribution in [3.8, 4) is 0 Å². The van der Waals surface area contributed by atoms with E-state index in [2.05, 4.69) is 0 Å². The van der Waals surface area contributed by atoms with Crippen LogP contribution in [-0.4, -0.2) is 55.9 Å². The summed E-state index contributed by atoms with van der Waals surface area (Å²) in [5.41, 5.74) is 0. The van der Waals surface area contributed by atoms with Gasteiger partial charge in [-0.05, 0) is 0 Å². The number of hydrogen-bond acceptors (Lipinski definition) is 0. The van der Waals surface area contributed by atoms with Crippen molar-refractivity contribution >= 4 is 23.1 Å². The van der Waals surface area contributed by atoms with Crippen LogP contribution in [0.5, 0.6) is 0 Å². The average molecular weight is 212 g/mol. The van der Waals surface area contributed by atoms with Gasteiger partial charge in [-0.15, -0.1) is 0 Å². The van der Waals surface area contributed by atoms with E-state index in [0.29, 0.717) is 0 Å². The molecule has 56 valence electrons. The van der Waals surface area contributed by atoms with E-state index in [1.165, 1.54) is 0 Å². The van der Waals surface area contributed by atoms with Crippen LogP contribution in [0, 0.1) is 0 Å². The van der Waals surface area contributed by atoms with Gasteiger partial charge in [0.05, 0.1) is 0 Å². The zero-order valence-electron chi connectivity index (χ0n) is 4.09. The van der Waals surface area contributed by atoms with E-state index in [1.807, 2.05) is 0 Å². The molecule has 0 radical (unpaired) electrons. The Morgan fingerprint density at radius 2 is 0.375 bits per heavy atom. The number of rotatable bonds is 0. The van der Waals surface area contributed by atoms with Crippen molar-refractivity contribution < 1.29 is 49.8 Å². The minimum absolute atomic E-state index is 0. The topological polar surface area (TPSA) is 189 Å². The third kappa shape index (κ3) is 250. The smallest absolute Gasteiger partial charge is 1.00 e. The van der Waals surface area contributed by atoms with Crippen LogP contribution >= 0.6 is 0 Å². The zero-order chi connectivity index (χ0) is 0. The Labute approximate surface area is 73.0 Å². The Bertz CT molecular complexity index is 8.49. The number of hydrogen-bond donors (Lipinski definition) is 0. The van der Waals surface area contributed by atoms with Crippen molar-refractivity contribution in [2.24, 2.45) is 0 Å². The minimum atomic E-state index is 0. The molecule has 12 N–H and O–H groups in total. The quantitative estimate of drug-likeness (QED) is 0.345. The monoisotopic (exact) mass is 211 g/mol. The van der Waals surface area contributed by atoms with Crippen molar-refractivity contribution in [2.45, 2.75) is 0 Å². The second-order valence-electron chi connectivity index (χ2n) is 0.